The molecule has 0 saturated heterocycles. The van der Waals surface area contributed by atoms with Crippen LogP contribution in [0.4, 0.5) is 5.69 Å². The first-order valence-corrected chi connectivity index (χ1v) is 6.28. The first-order chi connectivity index (χ1) is 9.99. The third kappa shape index (κ3) is 3.51. The second-order valence-electron chi connectivity index (χ2n) is 4.15. The van der Waals surface area contributed by atoms with E-state index in [9.17, 15) is 14.9 Å². The van der Waals surface area contributed by atoms with Crippen LogP contribution in [-0.2, 0) is 13.5 Å². The third-order valence-corrected chi connectivity index (χ3v) is 2.94. The Morgan fingerprint density at radius 2 is 2.33 bits per heavy atom. The summed E-state index contributed by atoms with van der Waals surface area (Å²) in [7, 11) is 1.78. The summed E-state index contributed by atoms with van der Waals surface area (Å²) >= 11 is 5.67. The fourth-order valence-corrected chi connectivity index (χ4v) is 1.82. The van der Waals surface area contributed by atoms with E-state index in [2.05, 4.69) is 20.5 Å². The van der Waals surface area contributed by atoms with Crippen LogP contribution in [0.3, 0.4) is 0 Å². The molecule has 0 aromatic carbocycles. The number of rotatable bonds is 5. The maximum Gasteiger partial charge on any atom is 0.300 e. The molecule has 10 heteroatoms. The van der Waals surface area contributed by atoms with Gasteiger partial charge in [0.2, 0.25) is 0 Å². The van der Waals surface area contributed by atoms with E-state index in [0.29, 0.717) is 12.2 Å². The molecule has 0 bridgehead atoms. The summed E-state index contributed by atoms with van der Waals surface area (Å²) in [6.07, 6.45) is 2.96. The number of carbonyl (C=O) groups is 1. The van der Waals surface area contributed by atoms with Crippen LogP contribution in [0.2, 0.25) is 5.15 Å². The van der Waals surface area contributed by atoms with Gasteiger partial charge in [0.15, 0.2) is 0 Å². The Labute approximate surface area is 124 Å². The van der Waals surface area contributed by atoms with Gasteiger partial charge in [0.1, 0.15) is 29.1 Å². The first-order valence-electron chi connectivity index (χ1n) is 5.90. The lowest BCUT2D eigenvalue weighted by Gasteiger charge is -2.05. The largest absolute Gasteiger partial charge is 0.351 e. The van der Waals surface area contributed by atoms with Crippen LogP contribution in [0.1, 0.15) is 16.2 Å². The van der Waals surface area contributed by atoms with Crippen molar-refractivity contribution in [3.8, 4) is 0 Å². The van der Waals surface area contributed by atoms with Crippen LogP contribution in [0, 0.1) is 10.1 Å². The molecular weight excluding hydrogens is 300 g/mol. The quantitative estimate of drug-likeness (QED) is 0.495. The van der Waals surface area contributed by atoms with Crippen LogP contribution in [0.25, 0.3) is 0 Å². The zero-order valence-corrected chi connectivity index (χ0v) is 11.7. The van der Waals surface area contributed by atoms with Crippen LogP contribution in [0.15, 0.2) is 18.6 Å². The fourth-order valence-electron chi connectivity index (χ4n) is 1.67. The van der Waals surface area contributed by atoms with Crippen molar-refractivity contribution in [3.05, 3.63) is 45.2 Å². The van der Waals surface area contributed by atoms with Crippen LogP contribution >= 0.6 is 11.6 Å². The summed E-state index contributed by atoms with van der Waals surface area (Å²) < 4.78 is 1.72. The maximum atomic E-state index is 12.0. The summed E-state index contributed by atoms with van der Waals surface area (Å²) in [5.41, 5.74) is -0.520. The van der Waals surface area contributed by atoms with Crippen molar-refractivity contribution in [1.82, 2.24) is 25.1 Å². The molecule has 9 nitrogen and oxygen atoms in total. The van der Waals surface area contributed by atoms with Crippen LogP contribution in [0.5, 0.6) is 0 Å². The molecule has 1 N–H and O–H groups in total. The second-order valence-corrected chi connectivity index (χ2v) is 4.53. The Morgan fingerprint density at radius 3 is 2.95 bits per heavy atom. The molecule has 2 aromatic heterocycles. The fraction of sp³-hybridized carbons (Fsp3) is 0.273. The van der Waals surface area contributed by atoms with Gasteiger partial charge in [0.05, 0.1) is 4.92 Å². The Hall–Kier alpha value is -2.55. The highest BCUT2D eigenvalue weighted by atomic mass is 35.5. The number of aromatic nitrogens is 4. The second kappa shape index (κ2) is 6.27. The van der Waals surface area contributed by atoms with Gasteiger partial charge in [-0.15, -0.1) is 10.2 Å². The Kier molecular flexibility index (Phi) is 4.43. The topological polar surface area (TPSA) is 116 Å². The minimum absolute atomic E-state index is 0.0130. The minimum Gasteiger partial charge on any atom is -0.351 e. The Balaban J connectivity index is 2.05. The summed E-state index contributed by atoms with van der Waals surface area (Å²) in [4.78, 5) is 25.8. The van der Waals surface area contributed by atoms with E-state index in [1.807, 2.05) is 0 Å². The number of hydrogen-bond donors (Lipinski definition) is 1. The zero-order chi connectivity index (χ0) is 15.4. The molecule has 0 spiro atoms. The van der Waals surface area contributed by atoms with Crippen molar-refractivity contribution in [3.63, 3.8) is 0 Å². The number of nitrogens with one attached hydrogen (secondary N) is 1. The van der Waals surface area contributed by atoms with Gasteiger partial charge in [-0.05, 0) is 6.07 Å². The van der Waals surface area contributed by atoms with Crippen molar-refractivity contribution >= 4 is 23.2 Å². The summed E-state index contributed by atoms with van der Waals surface area (Å²) in [6, 6.07) is 1.16. The highest BCUT2D eigenvalue weighted by Gasteiger charge is 2.21. The van der Waals surface area contributed by atoms with Crippen molar-refractivity contribution in [2.45, 2.75) is 6.42 Å². The third-order valence-electron chi connectivity index (χ3n) is 2.73. The maximum absolute atomic E-state index is 12.0. The highest BCUT2D eigenvalue weighted by molar-refractivity contribution is 6.29. The normalized spacial score (nSPS) is 10.4. The number of hydrogen-bond acceptors (Lipinski definition) is 6. The van der Waals surface area contributed by atoms with Gasteiger partial charge in [-0.1, -0.05) is 11.6 Å². The lowest BCUT2D eigenvalue weighted by Crippen LogP contribution is -2.27. The molecule has 0 atom stereocenters. The number of nitro groups is 1. The first kappa shape index (κ1) is 14.9. The molecule has 2 heterocycles. The van der Waals surface area contributed by atoms with E-state index < -0.39 is 16.5 Å². The molecule has 0 aliphatic rings. The van der Waals surface area contributed by atoms with E-state index in [1.165, 1.54) is 0 Å². The van der Waals surface area contributed by atoms with Gasteiger partial charge in [-0.3, -0.25) is 14.9 Å². The SMILES string of the molecule is Cn1cnnc1CCNC(=O)c1cc(Cl)ncc1[N+](=O)[O-]. The van der Waals surface area contributed by atoms with E-state index >= 15 is 0 Å². The number of amides is 1. The van der Waals surface area contributed by atoms with Crippen molar-refractivity contribution in [1.29, 1.82) is 0 Å². The van der Waals surface area contributed by atoms with Gasteiger partial charge in [0.25, 0.3) is 11.6 Å². The molecule has 110 valence electrons. The van der Waals surface area contributed by atoms with Crippen LogP contribution < -0.4 is 5.32 Å². The molecule has 0 aliphatic heterocycles. The summed E-state index contributed by atoms with van der Waals surface area (Å²) in [6.45, 7) is 0.266. The van der Waals surface area contributed by atoms with Gasteiger partial charge < -0.3 is 9.88 Å². The lowest BCUT2D eigenvalue weighted by atomic mass is 10.2. The number of nitrogens with zero attached hydrogens (tertiary/aromatic N) is 5. The number of carbonyl (C=O) groups excluding carboxylic acids is 1. The van der Waals surface area contributed by atoms with E-state index in [4.69, 9.17) is 11.6 Å². The van der Waals surface area contributed by atoms with Gasteiger partial charge in [0, 0.05) is 20.0 Å². The van der Waals surface area contributed by atoms with Gasteiger partial charge in [-0.2, -0.15) is 0 Å². The molecule has 0 fully saturated rings. The summed E-state index contributed by atoms with van der Waals surface area (Å²) in [5.74, 6) is 0.103. The Bertz CT molecular complexity index is 686. The molecule has 1 amide bonds. The molecule has 2 aromatic rings. The Morgan fingerprint density at radius 1 is 1.57 bits per heavy atom. The van der Waals surface area contributed by atoms with E-state index in [1.54, 1.807) is 17.9 Å². The predicted molar refractivity (Wildman–Crippen MR) is 72.9 cm³/mol. The monoisotopic (exact) mass is 310 g/mol. The number of halogens is 1. The molecule has 0 saturated carbocycles. The van der Waals surface area contributed by atoms with Crippen molar-refractivity contribution in [2.24, 2.45) is 7.05 Å². The van der Waals surface area contributed by atoms with Crippen molar-refractivity contribution in [2.75, 3.05) is 6.54 Å². The molecule has 0 unspecified atom stereocenters. The minimum atomic E-state index is -0.680. The predicted octanol–water partition coefficient (Wildman–Crippen LogP) is 0.744. The van der Waals surface area contributed by atoms with Gasteiger partial charge in [-0.25, -0.2) is 4.98 Å². The molecule has 21 heavy (non-hydrogen) atoms. The highest BCUT2D eigenvalue weighted by Crippen LogP contribution is 2.20. The number of aryl methyl sites for hydroxylation is 1. The van der Waals surface area contributed by atoms with E-state index in [-0.39, 0.29) is 17.3 Å². The molecule has 2 rings (SSSR count). The van der Waals surface area contributed by atoms with E-state index in [0.717, 1.165) is 12.3 Å². The molecule has 0 radical (unpaired) electrons. The van der Waals surface area contributed by atoms with Gasteiger partial charge >= 0.3 is 0 Å². The zero-order valence-electron chi connectivity index (χ0n) is 11.0. The van der Waals surface area contributed by atoms with Crippen molar-refractivity contribution < 1.29 is 9.72 Å². The smallest absolute Gasteiger partial charge is 0.300 e. The summed E-state index contributed by atoms with van der Waals surface area (Å²) in [5, 5.41) is 21.0. The van der Waals surface area contributed by atoms with Crippen LogP contribution in [-0.4, -0.2) is 37.1 Å². The molecule has 0 aliphatic carbocycles. The average molecular weight is 311 g/mol. The standard InChI is InChI=1S/C11H11ClN6O3/c1-17-6-15-16-10(17)2-3-13-11(19)7-4-9(12)14-5-8(7)18(20)21/h4-6H,2-3H2,1H3,(H,13,19). The molecular formula is C11H11ClN6O3. The lowest BCUT2D eigenvalue weighted by molar-refractivity contribution is -0.385. The number of pyridine rings is 1. The average Bonchev–Trinajstić information content (AvgIpc) is 2.84.